The van der Waals surface area contributed by atoms with Gasteiger partial charge in [-0.25, -0.2) is 18.2 Å². The van der Waals surface area contributed by atoms with Gasteiger partial charge in [0.25, 0.3) is 10.0 Å². The first-order valence-corrected chi connectivity index (χ1v) is 8.01. The fraction of sp³-hybridized carbons (Fsp3) is 0.0909. The summed E-state index contributed by atoms with van der Waals surface area (Å²) in [6.07, 6.45) is 1.25. The molecule has 0 aromatic carbocycles. The van der Waals surface area contributed by atoms with E-state index >= 15 is 0 Å². The van der Waals surface area contributed by atoms with Gasteiger partial charge in [-0.1, -0.05) is 11.6 Å². The number of aromatic nitrogens is 1. The van der Waals surface area contributed by atoms with E-state index in [4.69, 9.17) is 16.7 Å². The minimum atomic E-state index is -3.99. The van der Waals surface area contributed by atoms with Gasteiger partial charge in [-0.3, -0.25) is 4.72 Å². The van der Waals surface area contributed by atoms with Crippen LogP contribution in [0.2, 0.25) is 5.15 Å². The van der Waals surface area contributed by atoms with Gasteiger partial charge in [-0.15, -0.1) is 11.3 Å². The predicted molar refractivity (Wildman–Crippen MR) is 76.1 cm³/mol. The van der Waals surface area contributed by atoms with Crippen LogP contribution in [0.1, 0.15) is 15.2 Å². The van der Waals surface area contributed by atoms with Gasteiger partial charge in [0.05, 0.1) is 11.9 Å². The van der Waals surface area contributed by atoms with Crippen molar-refractivity contribution in [3.63, 3.8) is 0 Å². The van der Waals surface area contributed by atoms with Crippen LogP contribution in [0.4, 0.5) is 5.69 Å². The molecule has 0 atom stereocenters. The van der Waals surface area contributed by atoms with Crippen molar-refractivity contribution in [1.29, 1.82) is 0 Å². The topological polar surface area (TPSA) is 96.4 Å². The van der Waals surface area contributed by atoms with Gasteiger partial charge in [-0.05, 0) is 30.0 Å². The van der Waals surface area contributed by atoms with Crippen molar-refractivity contribution in [2.75, 3.05) is 4.72 Å². The molecule has 0 amide bonds. The number of halogens is 1. The molecule has 0 spiro atoms. The van der Waals surface area contributed by atoms with Crippen LogP contribution in [0.3, 0.4) is 0 Å². The Labute approximate surface area is 124 Å². The van der Waals surface area contributed by atoms with Gasteiger partial charge in [0.2, 0.25) is 0 Å². The van der Waals surface area contributed by atoms with Gasteiger partial charge >= 0.3 is 5.97 Å². The maximum absolute atomic E-state index is 12.3. The van der Waals surface area contributed by atoms with Gasteiger partial charge in [0.1, 0.15) is 14.9 Å². The van der Waals surface area contributed by atoms with E-state index in [1.54, 1.807) is 0 Å². The van der Waals surface area contributed by atoms with E-state index in [2.05, 4.69) is 9.71 Å². The molecule has 2 heterocycles. The molecule has 6 nitrogen and oxygen atoms in total. The van der Waals surface area contributed by atoms with Crippen molar-refractivity contribution in [2.24, 2.45) is 0 Å². The molecule has 0 bridgehead atoms. The molecule has 2 rings (SSSR count). The Morgan fingerprint density at radius 3 is 2.70 bits per heavy atom. The highest BCUT2D eigenvalue weighted by Crippen LogP contribution is 2.28. The van der Waals surface area contributed by atoms with E-state index in [-0.39, 0.29) is 20.6 Å². The lowest BCUT2D eigenvalue weighted by molar-refractivity contribution is 0.0698. The lowest BCUT2D eigenvalue weighted by Crippen LogP contribution is -2.16. The molecule has 2 aromatic rings. The van der Waals surface area contributed by atoms with E-state index in [1.807, 2.05) is 0 Å². The molecule has 0 radical (unpaired) electrons. The number of pyridine rings is 1. The molecule has 0 aliphatic carbocycles. The number of rotatable bonds is 4. The van der Waals surface area contributed by atoms with Crippen molar-refractivity contribution in [3.8, 4) is 0 Å². The molecule has 9 heteroatoms. The first-order chi connectivity index (χ1) is 9.31. The Kier molecular flexibility index (Phi) is 3.98. The molecule has 2 N–H and O–H groups in total. The largest absolute Gasteiger partial charge is 0.477 e. The molecule has 2 aromatic heterocycles. The number of hydrogen-bond donors (Lipinski definition) is 2. The number of thiophene rings is 1. The number of nitrogens with one attached hydrogen (secondary N) is 1. The van der Waals surface area contributed by atoms with E-state index < -0.39 is 16.0 Å². The molecule has 0 aliphatic heterocycles. The molecule has 0 unspecified atom stereocenters. The monoisotopic (exact) mass is 332 g/mol. The summed E-state index contributed by atoms with van der Waals surface area (Å²) < 4.78 is 26.8. The molecular weight excluding hydrogens is 324 g/mol. The predicted octanol–water partition coefficient (Wildman–Crippen LogP) is 2.60. The summed E-state index contributed by atoms with van der Waals surface area (Å²) in [7, 11) is -3.99. The molecule has 0 aliphatic rings. The molecule has 0 fully saturated rings. The number of carboxylic acid groups (broad SMARTS) is 1. The lowest BCUT2D eigenvalue weighted by Gasteiger charge is -2.08. The summed E-state index contributed by atoms with van der Waals surface area (Å²) >= 11 is 6.48. The molecule has 0 saturated heterocycles. The Balaban J connectivity index is 2.43. The minimum Gasteiger partial charge on any atom is -0.477 e. The van der Waals surface area contributed by atoms with Crippen LogP contribution in [0.25, 0.3) is 0 Å². The number of aryl methyl sites for hydroxylation is 1. The molecule has 106 valence electrons. The first-order valence-electron chi connectivity index (χ1n) is 5.27. The third-order valence-corrected chi connectivity index (χ3v) is 5.37. The zero-order chi connectivity index (χ0) is 14.9. The summed E-state index contributed by atoms with van der Waals surface area (Å²) in [6, 6.07) is 2.87. The second-order valence-electron chi connectivity index (χ2n) is 3.86. The standard InChI is InChI=1S/C11H9ClN2O4S2/c1-6-5-19-9(11(15)16)10(6)20(17,18)14-7-2-3-8(12)13-4-7/h2-5,14H,1H3,(H,15,16). The Bertz CT molecular complexity index is 753. The maximum Gasteiger partial charge on any atom is 0.347 e. The van der Waals surface area contributed by atoms with Crippen molar-refractivity contribution in [2.45, 2.75) is 11.8 Å². The fourth-order valence-corrected chi connectivity index (χ4v) is 4.35. The average Bonchev–Trinajstić information content (AvgIpc) is 2.75. The van der Waals surface area contributed by atoms with E-state index in [9.17, 15) is 13.2 Å². The van der Waals surface area contributed by atoms with E-state index in [0.717, 1.165) is 11.3 Å². The molecule has 0 saturated carbocycles. The van der Waals surface area contributed by atoms with Gasteiger partial charge in [0, 0.05) is 0 Å². The number of nitrogens with zero attached hydrogens (tertiary/aromatic N) is 1. The van der Waals surface area contributed by atoms with Crippen LogP contribution < -0.4 is 4.72 Å². The van der Waals surface area contributed by atoms with Gasteiger partial charge < -0.3 is 5.11 Å². The molecular formula is C11H9ClN2O4S2. The zero-order valence-electron chi connectivity index (χ0n) is 10.1. The van der Waals surface area contributed by atoms with Crippen LogP contribution in [-0.2, 0) is 10.0 Å². The Hall–Kier alpha value is -1.64. The first kappa shape index (κ1) is 14.8. The number of sulfonamides is 1. The summed E-state index contributed by atoms with van der Waals surface area (Å²) in [6.45, 7) is 1.54. The summed E-state index contributed by atoms with van der Waals surface area (Å²) in [5.41, 5.74) is 0.582. The van der Waals surface area contributed by atoms with Crippen LogP contribution in [0.15, 0.2) is 28.6 Å². The van der Waals surface area contributed by atoms with Crippen LogP contribution in [0.5, 0.6) is 0 Å². The number of carbonyl (C=O) groups is 1. The summed E-state index contributed by atoms with van der Waals surface area (Å²) in [5, 5.41) is 10.7. The van der Waals surface area contributed by atoms with E-state index in [0.29, 0.717) is 5.56 Å². The molecule has 20 heavy (non-hydrogen) atoms. The Morgan fingerprint density at radius 1 is 1.45 bits per heavy atom. The highest BCUT2D eigenvalue weighted by atomic mass is 35.5. The van der Waals surface area contributed by atoms with Crippen molar-refractivity contribution in [1.82, 2.24) is 4.98 Å². The third-order valence-electron chi connectivity index (χ3n) is 2.36. The number of anilines is 1. The minimum absolute atomic E-state index is 0.205. The third kappa shape index (κ3) is 2.92. The highest BCUT2D eigenvalue weighted by molar-refractivity contribution is 7.93. The van der Waals surface area contributed by atoms with Gasteiger partial charge in [-0.2, -0.15) is 0 Å². The van der Waals surface area contributed by atoms with Crippen LogP contribution >= 0.6 is 22.9 Å². The second-order valence-corrected chi connectivity index (χ2v) is 6.74. The van der Waals surface area contributed by atoms with Gasteiger partial charge in [0.15, 0.2) is 0 Å². The van der Waals surface area contributed by atoms with Crippen molar-refractivity contribution >= 4 is 44.6 Å². The maximum atomic E-state index is 12.3. The SMILES string of the molecule is Cc1csc(C(=O)O)c1S(=O)(=O)Nc1ccc(Cl)nc1. The van der Waals surface area contributed by atoms with Crippen LogP contribution in [-0.4, -0.2) is 24.5 Å². The van der Waals surface area contributed by atoms with E-state index in [1.165, 1.54) is 30.6 Å². The smallest absolute Gasteiger partial charge is 0.347 e. The highest BCUT2D eigenvalue weighted by Gasteiger charge is 2.26. The zero-order valence-corrected chi connectivity index (χ0v) is 12.5. The number of hydrogen-bond acceptors (Lipinski definition) is 5. The lowest BCUT2D eigenvalue weighted by atomic mass is 10.3. The number of carboxylic acids is 1. The fourth-order valence-electron chi connectivity index (χ4n) is 1.56. The van der Waals surface area contributed by atoms with Crippen LogP contribution in [0, 0.1) is 6.92 Å². The Morgan fingerprint density at radius 2 is 2.15 bits per heavy atom. The average molecular weight is 333 g/mol. The quantitative estimate of drug-likeness (QED) is 0.839. The normalized spacial score (nSPS) is 11.3. The van der Waals surface area contributed by atoms with Crippen molar-refractivity contribution in [3.05, 3.63) is 39.3 Å². The number of aromatic carboxylic acids is 1. The summed E-state index contributed by atoms with van der Waals surface area (Å²) in [5.74, 6) is -1.28. The summed E-state index contributed by atoms with van der Waals surface area (Å²) in [4.78, 5) is 14.4. The second kappa shape index (κ2) is 5.39. The van der Waals surface area contributed by atoms with Crippen molar-refractivity contribution < 1.29 is 18.3 Å².